The van der Waals surface area contributed by atoms with E-state index in [0.29, 0.717) is 18.9 Å². The third-order valence-corrected chi connectivity index (χ3v) is 4.10. The summed E-state index contributed by atoms with van der Waals surface area (Å²) in [4.78, 5) is 12.2. The molecule has 2 aromatic carbocycles. The number of benzene rings is 2. The van der Waals surface area contributed by atoms with E-state index in [1.165, 1.54) is 5.56 Å². The zero-order valence-electron chi connectivity index (χ0n) is 15.6. The van der Waals surface area contributed by atoms with Crippen molar-refractivity contribution in [3.63, 3.8) is 0 Å². The summed E-state index contributed by atoms with van der Waals surface area (Å²) in [5.74, 6) is 1.05. The Morgan fingerprint density at radius 2 is 1.63 bits per heavy atom. The SMILES string of the molecule is CCOc1ccc(CC(=O)Nc2nnc(Cc3ccc(CC)cc3)o2)cc1. The van der Waals surface area contributed by atoms with E-state index in [-0.39, 0.29) is 18.3 Å². The number of nitrogens with one attached hydrogen (secondary N) is 1. The Morgan fingerprint density at radius 1 is 0.963 bits per heavy atom. The fraction of sp³-hybridized carbons (Fsp3) is 0.286. The van der Waals surface area contributed by atoms with E-state index < -0.39 is 0 Å². The largest absolute Gasteiger partial charge is 0.494 e. The van der Waals surface area contributed by atoms with E-state index in [9.17, 15) is 4.79 Å². The second-order valence-electron chi connectivity index (χ2n) is 6.15. The molecule has 0 bridgehead atoms. The highest BCUT2D eigenvalue weighted by Crippen LogP contribution is 2.15. The fourth-order valence-electron chi connectivity index (χ4n) is 2.66. The quantitative estimate of drug-likeness (QED) is 0.657. The van der Waals surface area contributed by atoms with E-state index >= 15 is 0 Å². The number of anilines is 1. The molecule has 0 fully saturated rings. The normalized spacial score (nSPS) is 10.6. The van der Waals surface area contributed by atoms with Gasteiger partial charge in [0.15, 0.2) is 0 Å². The predicted molar refractivity (Wildman–Crippen MR) is 103 cm³/mol. The summed E-state index contributed by atoms with van der Waals surface area (Å²) in [6, 6.07) is 15.8. The Morgan fingerprint density at radius 3 is 2.30 bits per heavy atom. The fourth-order valence-corrected chi connectivity index (χ4v) is 2.66. The number of amides is 1. The molecule has 0 aliphatic carbocycles. The van der Waals surface area contributed by atoms with E-state index in [1.807, 2.05) is 43.3 Å². The van der Waals surface area contributed by atoms with Crippen molar-refractivity contribution in [3.8, 4) is 5.75 Å². The highest BCUT2D eigenvalue weighted by molar-refractivity contribution is 5.90. The van der Waals surface area contributed by atoms with Crippen LogP contribution in [0.15, 0.2) is 52.9 Å². The molecule has 1 aromatic heterocycles. The number of hydrogen-bond acceptors (Lipinski definition) is 5. The van der Waals surface area contributed by atoms with Crippen LogP contribution in [0.5, 0.6) is 5.75 Å². The van der Waals surface area contributed by atoms with Gasteiger partial charge in [-0.1, -0.05) is 48.4 Å². The lowest BCUT2D eigenvalue weighted by molar-refractivity contribution is -0.115. The molecule has 0 atom stereocenters. The van der Waals surface area contributed by atoms with Gasteiger partial charge >= 0.3 is 6.01 Å². The second-order valence-corrected chi connectivity index (χ2v) is 6.15. The molecule has 1 heterocycles. The van der Waals surface area contributed by atoms with Crippen molar-refractivity contribution in [3.05, 3.63) is 71.1 Å². The molecule has 0 aliphatic rings. The molecule has 0 unspecified atom stereocenters. The van der Waals surface area contributed by atoms with Gasteiger partial charge in [-0.3, -0.25) is 10.1 Å². The van der Waals surface area contributed by atoms with Gasteiger partial charge in [-0.2, -0.15) is 0 Å². The minimum atomic E-state index is -0.207. The molecule has 0 radical (unpaired) electrons. The van der Waals surface area contributed by atoms with Crippen LogP contribution in [0.1, 0.15) is 36.4 Å². The van der Waals surface area contributed by atoms with Gasteiger partial charge in [0, 0.05) is 0 Å². The van der Waals surface area contributed by atoms with Gasteiger partial charge in [0.1, 0.15) is 5.75 Å². The first-order valence-electron chi connectivity index (χ1n) is 9.08. The molecule has 0 saturated heterocycles. The second kappa shape index (κ2) is 8.98. The number of aryl methyl sites for hydroxylation is 1. The zero-order chi connectivity index (χ0) is 19.1. The molecule has 0 saturated carbocycles. The maximum absolute atomic E-state index is 12.2. The van der Waals surface area contributed by atoms with E-state index in [2.05, 4.69) is 34.6 Å². The Labute approximate surface area is 158 Å². The van der Waals surface area contributed by atoms with Crippen LogP contribution in [0.2, 0.25) is 0 Å². The number of aromatic nitrogens is 2. The number of nitrogens with zero attached hydrogens (tertiary/aromatic N) is 2. The smallest absolute Gasteiger partial charge is 0.322 e. The molecule has 6 nitrogen and oxygen atoms in total. The average Bonchev–Trinajstić information content (AvgIpc) is 3.11. The summed E-state index contributed by atoms with van der Waals surface area (Å²) in [7, 11) is 0. The van der Waals surface area contributed by atoms with Crippen molar-refractivity contribution >= 4 is 11.9 Å². The van der Waals surface area contributed by atoms with Gasteiger partial charge < -0.3 is 9.15 Å². The van der Waals surface area contributed by atoms with Gasteiger partial charge in [0.2, 0.25) is 11.8 Å². The summed E-state index contributed by atoms with van der Waals surface area (Å²) in [6.45, 7) is 4.66. The molecule has 0 aliphatic heterocycles. The Balaban J connectivity index is 1.53. The van der Waals surface area contributed by atoms with Crippen molar-refractivity contribution in [2.45, 2.75) is 33.1 Å². The van der Waals surface area contributed by atoms with Crippen LogP contribution < -0.4 is 10.1 Å². The van der Waals surface area contributed by atoms with Crippen molar-refractivity contribution in [2.75, 3.05) is 11.9 Å². The number of carbonyl (C=O) groups is 1. The Kier molecular flexibility index (Phi) is 6.20. The molecule has 1 N–H and O–H groups in total. The summed E-state index contributed by atoms with van der Waals surface area (Å²) < 4.78 is 10.9. The first kappa shape index (κ1) is 18.6. The summed E-state index contributed by atoms with van der Waals surface area (Å²) in [5.41, 5.74) is 3.25. The van der Waals surface area contributed by atoms with Gasteiger partial charge in [0.05, 0.1) is 19.4 Å². The van der Waals surface area contributed by atoms with E-state index in [4.69, 9.17) is 9.15 Å². The third-order valence-electron chi connectivity index (χ3n) is 4.10. The van der Waals surface area contributed by atoms with Crippen molar-refractivity contribution in [1.29, 1.82) is 0 Å². The standard InChI is InChI=1S/C21H23N3O3/c1-3-15-5-7-17(8-6-15)14-20-23-24-21(27-20)22-19(25)13-16-9-11-18(12-10-16)26-4-2/h5-12H,3-4,13-14H2,1-2H3,(H,22,24,25). The minimum Gasteiger partial charge on any atom is -0.494 e. The summed E-state index contributed by atoms with van der Waals surface area (Å²) in [5, 5.41) is 10.5. The van der Waals surface area contributed by atoms with Crippen LogP contribution in [0.4, 0.5) is 6.01 Å². The highest BCUT2D eigenvalue weighted by atomic mass is 16.5. The third kappa shape index (κ3) is 5.41. The highest BCUT2D eigenvalue weighted by Gasteiger charge is 2.11. The van der Waals surface area contributed by atoms with E-state index in [1.54, 1.807) is 0 Å². The van der Waals surface area contributed by atoms with Crippen molar-refractivity contribution in [1.82, 2.24) is 10.2 Å². The van der Waals surface area contributed by atoms with Crippen LogP contribution in [0.3, 0.4) is 0 Å². The monoisotopic (exact) mass is 365 g/mol. The van der Waals surface area contributed by atoms with Gasteiger partial charge in [-0.05, 0) is 42.2 Å². The summed E-state index contributed by atoms with van der Waals surface area (Å²) >= 11 is 0. The number of rotatable bonds is 8. The van der Waals surface area contributed by atoms with Crippen LogP contribution in [-0.2, 0) is 24.1 Å². The average molecular weight is 365 g/mol. The van der Waals surface area contributed by atoms with Gasteiger partial charge in [0.25, 0.3) is 0 Å². The van der Waals surface area contributed by atoms with Crippen LogP contribution >= 0.6 is 0 Å². The number of ether oxygens (including phenoxy) is 1. The van der Waals surface area contributed by atoms with Gasteiger partial charge in [-0.25, -0.2) is 0 Å². The number of hydrogen-bond donors (Lipinski definition) is 1. The molecular formula is C21H23N3O3. The van der Waals surface area contributed by atoms with Crippen molar-refractivity contribution in [2.24, 2.45) is 0 Å². The Hall–Kier alpha value is -3.15. The topological polar surface area (TPSA) is 77.2 Å². The first-order chi connectivity index (χ1) is 13.2. The van der Waals surface area contributed by atoms with Crippen molar-refractivity contribution < 1.29 is 13.9 Å². The molecule has 6 heteroatoms. The van der Waals surface area contributed by atoms with E-state index in [0.717, 1.165) is 23.3 Å². The summed E-state index contributed by atoms with van der Waals surface area (Å²) in [6.07, 6.45) is 1.76. The Bertz CT molecular complexity index is 870. The molecule has 3 rings (SSSR count). The van der Waals surface area contributed by atoms with Gasteiger partial charge in [-0.15, -0.1) is 5.10 Å². The van der Waals surface area contributed by atoms with Crippen LogP contribution in [-0.4, -0.2) is 22.7 Å². The lowest BCUT2D eigenvalue weighted by Gasteiger charge is -2.04. The predicted octanol–water partition coefficient (Wildman–Crippen LogP) is 3.80. The number of carbonyl (C=O) groups excluding carboxylic acids is 1. The van der Waals surface area contributed by atoms with Crippen LogP contribution in [0, 0.1) is 0 Å². The molecule has 27 heavy (non-hydrogen) atoms. The lowest BCUT2D eigenvalue weighted by atomic mass is 10.1. The maximum atomic E-state index is 12.2. The minimum absolute atomic E-state index is 0.117. The molecule has 140 valence electrons. The maximum Gasteiger partial charge on any atom is 0.322 e. The first-order valence-corrected chi connectivity index (χ1v) is 9.08. The lowest BCUT2D eigenvalue weighted by Crippen LogP contribution is -2.14. The molecule has 0 spiro atoms. The molecular weight excluding hydrogens is 342 g/mol. The molecule has 1 amide bonds. The zero-order valence-corrected chi connectivity index (χ0v) is 15.6. The van der Waals surface area contributed by atoms with Crippen LogP contribution in [0.25, 0.3) is 0 Å². The molecule has 3 aromatic rings.